The summed E-state index contributed by atoms with van der Waals surface area (Å²) in [5.41, 5.74) is 2.02. The summed E-state index contributed by atoms with van der Waals surface area (Å²) in [5.74, 6) is 0. The molecule has 1 aliphatic carbocycles. The van der Waals surface area contributed by atoms with Gasteiger partial charge in [-0.2, -0.15) is 5.26 Å². The molecule has 1 aliphatic heterocycles. The molecule has 1 spiro atoms. The fourth-order valence-electron chi connectivity index (χ4n) is 4.07. The van der Waals surface area contributed by atoms with Crippen LogP contribution in [0.25, 0.3) is 11.0 Å². The predicted molar refractivity (Wildman–Crippen MR) is 86.2 cm³/mol. The lowest BCUT2D eigenvalue weighted by Crippen LogP contribution is -2.49. The summed E-state index contributed by atoms with van der Waals surface area (Å²) in [6.07, 6.45) is 5.24. The molecule has 2 N–H and O–H groups in total. The molecule has 23 heavy (non-hydrogen) atoms. The minimum Gasteiger partial charge on any atom is -0.393 e. The van der Waals surface area contributed by atoms with Gasteiger partial charge in [0.2, 0.25) is 0 Å². The standard InChI is InChI=1S/C17H18N4O2/c18-10-12-15(14-13(20-16(12)23)2-1-5-19-14)21-6-3-17(4-7-21)8-11(22)9-17/h1-2,5,11,22H,3-4,6-9H2,(H,20,23). The lowest BCUT2D eigenvalue weighted by atomic mass is 9.61. The Morgan fingerprint density at radius 1 is 1.39 bits per heavy atom. The third-order valence-electron chi connectivity index (χ3n) is 5.33. The first-order valence-corrected chi connectivity index (χ1v) is 7.96. The number of fused-ring (bicyclic) bond motifs is 1. The summed E-state index contributed by atoms with van der Waals surface area (Å²) in [6.45, 7) is 1.58. The highest BCUT2D eigenvalue weighted by atomic mass is 16.3. The number of aliphatic hydroxyl groups excluding tert-OH is 1. The first-order valence-electron chi connectivity index (χ1n) is 7.96. The Balaban J connectivity index is 1.74. The molecule has 0 aromatic carbocycles. The first-order chi connectivity index (χ1) is 11.1. The average molecular weight is 310 g/mol. The van der Waals surface area contributed by atoms with Gasteiger partial charge in [-0.1, -0.05) is 0 Å². The normalized spacial score (nSPS) is 20.4. The zero-order chi connectivity index (χ0) is 16.0. The summed E-state index contributed by atoms with van der Waals surface area (Å²) >= 11 is 0. The van der Waals surface area contributed by atoms with Crippen molar-refractivity contribution in [1.82, 2.24) is 9.97 Å². The molecular weight excluding hydrogens is 292 g/mol. The maximum absolute atomic E-state index is 12.2. The van der Waals surface area contributed by atoms with Crippen LogP contribution in [-0.4, -0.2) is 34.3 Å². The van der Waals surface area contributed by atoms with Crippen LogP contribution in [0.5, 0.6) is 0 Å². The van der Waals surface area contributed by atoms with Gasteiger partial charge >= 0.3 is 0 Å². The van der Waals surface area contributed by atoms with Crippen molar-refractivity contribution in [3.05, 3.63) is 34.2 Å². The van der Waals surface area contributed by atoms with Crippen molar-refractivity contribution < 1.29 is 5.11 Å². The van der Waals surface area contributed by atoms with Gasteiger partial charge in [0.05, 0.1) is 17.3 Å². The average Bonchev–Trinajstić information content (AvgIpc) is 2.53. The smallest absolute Gasteiger partial charge is 0.268 e. The van der Waals surface area contributed by atoms with Crippen molar-refractivity contribution in [2.75, 3.05) is 18.0 Å². The summed E-state index contributed by atoms with van der Waals surface area (Å²) in [7, 11) is 0. The van der Waals surface area contributed by atoms with Crippen molar-refractivity contribution in [2.24, 2.45) is 5.41 Å². The van der Waals surface area contributed by atoms with E-state index in [2.05, 4.69) is 14.9 Å². The van der Waals surface area contributed by atoms with Gasteiger partial charge < -0.3 is 15.0 Å². The third kappa shape index (κ3) is 2.20. The number of nitrogens with one attached hydrogen (secondary N) is 1. The van der Waals surface area contributed by atoms with Gasteiger partial charge in [-0.25, -0.2) is 0 Å². The molecule has 1 saturated heterocycles. The summed E-state index contributed by atoms with van der Waals surface area (Å²) in [5, 5.41) is 19.0. The van der Waals surface area contributed by atoms with Crippen molar-refractivity contribution >= 4 is 16.7 Å². The minimum atomic E-state index is -0.359. The van der Waals surface area contributed by atoms with Gasteiger partial charge in [0.15, 0.2) is 0 Å². The Hall–Kier alpha value is -2.39. The largest absolute Gasteiger partial charge is 0.393 e. The lowest BCUT2D eigenvalue weighted by molar-refractivity contribution is -0.0463. The maximum Gasteiger partial charge on any atom is 0.268 e. The van der Waals surface area contributed by atoms with Crippen LogP contribution >= 0.6 is 0 Å². The molecule has 0 unspecified atom stereocenters. The van der Waals surface area contributed by atoms with E-state index in [1.807, 2.05) is 12.1 Å². The summed E-state index contributed by atoms with van der Waals surface area (Å²) in [6, 6.07) is 5.62. The number of anilines is 1. The van der Waals surface area contributed by atoms with E-state index in [4.69, 9.17) is 0 Å². The third-order valence-corrected chi connectivity index (χ3v) is 5.33. The first kappa shape index (κ1) is 14.2. The molecule has 0 amide bonds. The van der Waals surface area contributed by atoms with Gasteiger partial charge in [-0.3, -0.25) is 9.78 Å². The second-order valence-electron chi connectivity index (χ2n) is 6.74. The Morgan fingerprint density at radius 2 is 2.13 bits per heavy atom. The van der Waals surface area contributed by atoms with E-state index >= 15 is 0 Å². The van der Waals surface area contributed by atoms with E-state index in [-0.39, 0.29) is 22.6 Å². The Kier molecular flexibility index (Phi) is 3.13. The number of hydrogen-bond acceptors (Lipinski definition) is 5. The molecule has 4 rings (SSSR count). The Bertz CT molecular complexity index is 851. The molecule has 118 valence electrons. The topological polar surface area (TPSA) is 93.0 Å². The van der Waals surface area contributed by atoms with Crippen molar-refractivity contribution in [3.63, 3.8) is 0 Å². The number of rotatable bonds is 1. The van der Waals surface area contributed by atoms with E-state index in [0.717, 1.165) is 38.8 Å². The van der Waals surface area contributed by atoms with Crippen LogP contribution in [0, 0.1) is 16.7 Å². The van der Waals surface area contributed by atoms with Gasteiger partial charge in [-0.05, 0) is 43.2 Å². The fourth-order valence-corrected chi connectivity index (χ4v) is 4.07. The highest BCUT2D eigenvalue weighted by Crippen LogP contribution is 2.49. The zero-order valence-corrected chi connectivity index (χ0v) is 12.7. The van der Waals surface area contributed by atoms with Crippen LogP contribution in [-0.2, 0) is 0 Å². The van der Waals surface area contributed by atoms with Crippen molar-refractivity contribution in [2.45, 2.75) is 31.8 Å². The van der Waals surface area contributed by atoms with Gasteiger partial charge in [0, 0.05) is 19.3 Å². The Labute approximate surface area is 133 Å². The molecule has 0 bridgehead atoms. The summed E-state index contributed by atoms with van der Waals surface area (Å²) < 4.78 is 0. The van der Waals surface area contributed by atoms with Gasteiger partial charge in [0.1, 0.15) is 17.1 Å². The number of aliphatic hydroxyl groups is 1. The molecule has 2 aromatic rings. The molecule has 1 saturated carbocycles. The molecule has 0 radical (unpaired) electrons. The van der Waals surface area contributed by atoms with Crippen molar-refractivity contribution in [3.8, 4) is 6.07 Å². The number of aromatic amines is 1. The number of pyridine rings is 2. The number of H-pyrrole nitrogens is 1. The molecule has 2 fully saturated rings. The van der Waals surface area contributed by atoms with Crippen LogP contribution < -0.4 is 10.5 Å². The van der Waals surface area contributed by atoms with Crippen molar-refractivity contribution in [1.29, 1.82) is 5.26 Å². The molecule has 6 nitrogen and oxygen atoms in total. The highest BCUT2D eigenvalue weighted by molar-refractivity contribution is 5.91. The van der Waals surface area contributed by atoms with E-state index in [0.29, 0.717) is 16.7 Å². The minimum absolute atomic E-state index is 0.140. The zero-order valence-electron chi connectivity index (χ0n) is 12.7. The number of piperidine rings is 1. The number of nitrogens with zero attached hydrogens (tertiary/aromatic N) is 3. The van der Waals surface area contributed by atoms with Crippen LogP contribution in [0.3, 0.4) is 0 Å². The molecule has 6 heteroatoms. The van der Waals surface area contributed by atoms with Gasteiger partial charge in [-0.15, -0.1) is 0 Å². The van der Waals surface area contributed by atoms with Gasteiger partial charge in [0.25, 0.3) is 5.56 Å². The predicted octanol–water partition coefficient (Wildman–Crippen LogP) is 1.54. The SMILES string of the molecule is N#Cc1c(N2CCC3(CC2)CC(O)C3)c2ncccc2[nH]c1=O. The van der Waals surface area contributed by atoms with E-state index in [1.165, 1.54) is 0 Å². The van der Waals surface area contributed by atoms with Crippen LogP contribution in [0.4, 0.5) is 5.69 Å². The maximum atomic E-state index is 12.2. The number of hydrogen-bond donors (Lipinski definition) is 2. The Morgan fingerprint density at radius 3 is 2.78 bits per heavy atom. The molecule has 2 aromatic heterocycles. The molecule has 2 aliphatic rings. The van der Waals surface area contributed by atoms with E-state index < -0.39 is 0 Å². The second kappa shape index (κ2) is 5.07. The monoisotopic (exact) mass is 310 g/mol. The quantitative estimate of drug-likeness (QED) is 0.833. The van der Waals surface area contributed by atoms with E-state index in [1.54, 1.807) is 12.3 Å². The molecule has 0 atom stereocenters. The fraction of sp³-hybridized carbons (Fsp3) is 0.471. The van der Waals surface area contributed by atoms with Crippen LogP contribution in [0.2, 0.25) is 0 Å². The van der Waals surface area contributed by atoms with E-state index in [9.17, 15) is 15.2 Å². The molecular formula is C17H18N4O2. The highest BCUT2D eigenvalue weighted by Gasteiger charge is 2.45. The second-order valence-corrected chi connectivity index (χ2v) is 6.74. The lowest BCUT2D eigenvalue weighted by Gasteiger charge is -2.51. The molecule has 3 heterocycles. The summed E-state index contributed by atoms with van der Waals surface area (Å²) in [4.78, 5) is 21.4. The number of aromatic nitrogens is 2. The van der Waals surface area contributed by atoms with Crippen LogP contribution in [0.15, 0.2) is 23.1 Å². The number of nitriles is 1. The van der Waals surface area contributed by atoms with Crippen LogP contribution in [0.1, 0.15) is 31.2 Å².